The molecule has 0 radical (unpaired) electrons. The second-order valence-electron chi connectivity index (χ2n) is 8.78. The van der Waals surface area contributed by atoms with E-state index in [0.717, 1.165) is 28.2 Å². The molecule has 37 heavy (non-hydrogen) atoms. The number of ether oxygens (including phenoxy) is 1. The molecule has 0 N–H and O–H groups in total. The van der Waals surface area contributed by atoms with Gasteiger partial charge in [0.25, 0.3) is 0 Å². The molecule has 3 aromatic carbocycles. The van der Waals surface area contributed by atoms with Gasteiger partial charge in [-0.1, -0.05) is 69.3 Å². The van der Waals surface area contributed by atoms with Crippen molar-refractivity contribution in [1.82, 2.24) is 9.78 Å². The molecule has 1 aromatic heterocycles. The van der Waals surface area contributed by atoms with Crippen LogP contribution in [0.15, 0.2) is 79.5 Å². The normalized spacial score (nSPS) is 11.9. The van der Waals surface area contributed by atoms with Crippen molar-refractivity contribution >= 4 is 45.5 Å². The van der Waals surface area contributed by atoms with Crippen LogP contribution in [0.4, 0.5) is 4.39 Å². The van der Waals surface area contributed by atoms with Gasteiger partial charge >= 0.3 is 5.97 Å². The van der Waals surface area contributed by atoms with E-state index in [2.05, 4.69) is 11.7 Å². The van der Waals surface area contributed by atoms with Gasteiger partial charge in [-0.15, -0.1) is 0 Å². The predicted octanol–water partition coefficient (Wildman–Crippen LogP) is 7.59. The first-order valence-electron chi connectivity index (χ1n) is 11.9. The number of hydrogen-bond donors (Lipinski definition) is 0. The topological polar surface area (TPSA) is 61.2 Å². The number of carbonyl (C=O) groups is 2. The van der Waals surface area contributed by atoms with Crippen molar-refractivity contribution in [2.45, 2.75) is 27.2 Å². The lowest BCUT2D eigenvalue weighted by molar-refractivity contribution is -0.128. The smallest absolute Gasteiger partial charge is 0.335 e. The van der Waals surface area contributed by atoms with Gasteiger partial charge in [0, 0.05) is 22.9 Å². The summed E-state index contributed by atoms with van der Waals surface area (Å²) < 4.78 is 20.9. The van der Waals surface area contributed by atoms with E-state index >= 15 is 0 Å². The first-order chi connectivity index (χ1) is 17.7. The lowest BCUT2D eigenvalue weighted by atomic mass is 9.87. The molecule has 0 bridgehead atoms. The zero-order chi connectivity index (χ0) is 26.7. The minimum atomic E-state index is -0.589. The quantitative estimate of drug-likeness (QED) is 0.110. The van der Waals surface area contributed by atoms with Crippen LogP contribution in [0.2, 0.25) is 5.02 Å². The highest BCUT2D eigenvalue weighted by Crippen LogP contribution is 2.41. The molecule has 4 aromatic rings. The van der Waals surface area contributed by atoms with Crippen LogP contribution < -0.4 is 4.74 Å². The Morgan fingerprint density at radius 1 is 1.11 bits per heavy atom. The van der Waals surface area contributed by atoms with Crippen LogP contribution in [0, 0.1) is 11.7 Å². The van der Waals surface area contributed by atoms with Crippen LogP contribution in [-0.2, 0) is 4.79 Å². The Morgan fingerprint density at radius 2 is 1.86 bits per heavy atom. The van der Waals surface area contributed by atoms with Crippen molar-refractivity contribution < 1.29 is 18.7 Å². The number of allylic oxidation sites excluding steroid dienone is 1. The van der Waals surface area contributed by atoms with Gasteiger partial charge in [0.05, 0.1) is 16.7 Å². The number of halogens is 2. The second kappa shape index (κ2) is 10.9. The molecule has 0 saturated heterocycles. The van der Waals surface area contributed by atoms with Crippen molar-refractivity contribution in [2.24, 2.45) is 5.92 Å². The molecule has 0 aliphatic carbocycles. The number of esters is 1. The van der Waals surface area contributed by atoms with Crippen molar-refractivity contribution in [2.75, 3.05) is 0 Å². The van der Waals surface area contributed by atoms with Crippen LogP contribution >= 0.6 is 11.6 Å². The standard InChI is InChI=1S/C30H26ClFN2O3/c1-5-22(23-13-12-21(32)16-25(23)31)29(24-9-7-8-10-27(24)37-28(35)6-2)19-11-14-26-20(15-19)17-33-34(26)30(36)18(3)4/h6-18H,2,5H2,1,3-4H3/b29-22+. The fraction of sp³-hybridized carbons (Fsp3) is 0.167. The first kappa shape index (κ1) is 26.0. The summed E-state index contributed by atoms with van der Waals surface area (Å²) in [5, 5.41) is 5.35. The van der Waals surface area contributed by atoms with Crippen LogP contribution in [0.5, 0.6) is 5.75 Å². The van der Waals surface area contributed by atoms with Crippen molar-refractivity contribution in [3.63, 3.8) is 0 Å². The number of aromatic nitrogens is 2. The highest BCUT2D eigenvalue weighted by Gasteiger charge is 2.21. The number of para-hydroxylation sites is 1. The first-order valence-corrected chi connectivity index (χ1v) is 12.3. The van der Waals surface area contributed by atoms with Gasteiger partial charge in [-0.25, -0.2) is 9.18 Å². The van der Waals surface area contributed by atoms with Crippen LogP contribution in [0.1, 0.15) is 48.7 Å². The van der Waals surface area contributed by atoms with E-state index in [1.165, 1.54) is 16.8 Å². The van der Waals surface area contributed by atoms with Gasteiger partial charge < -0.3 is 4.74 Å². The Labute approximate surface area is 219 Å². The van der Waals surface area contributed by atoms with E-state index in [-0.39, 0.29) is 16.8 Å². The summed E-state index contributed by atoms with van der Waals surface area (Å²) in [7, 11) is 0. The van der Waals surface area contributed by atoms with E-state index in [1.54, 1.807) is 24.4 Å². The van der Waals surface area contributed by atoms with Gasteiger partial charge in [-0.2, -0.15) is 9.78 Å². The molecule has 0 fully saturated rings. The monoisotopic (exact) mass is 516 g/mol. The molecule has 0 aliphatic heterocycles. The fourth-order valence-electron chi connectivity index (χ4n) is 4.25. The summed E-state index contributed by atoms with van der Waals surface area (Å²) >= 11 is 6.51. The molecule has 0 unspecified atom stereocenters. The third-order valence-corrected chi connectivity index (χ3v) is 6.32. The Morgan fingerprint density at radius 3 is 2.54 bits per heavy atom. The van der Waals surface area contributed by atoms with Gasteiger partial charge in [-0.05, 0) is 59.0 Å². The zero-order valence-corrected chi connectivity index (χ0v) is 21.6. The number of carbonyl (C=O) groups excluding carboxylic acids is 2. The zero-order valence-electron chi connectivity index (χ0n) is 20.8. The van der Waals surface area contributed by atoms with Gasteiger partial charge in [0.15, 0.2) is 0 Å². The fourth-order valence-corrected chi connectivity index (χ4v) is 4.53. The summed E-state index contributed by atoms with van der Waals surface area (Å²) in [4.78, 5) is 24.8. The predicted molar refractivity (Wildman–Crippen MR) is 145 cm³/mol. The Kier molecular flexibility index (Phi) is 7.69. The average Bonchev–Trinajstić information content (AvgIpc) is 3.31. The third-order valence-electron chi connectivity index (χ3n) is 6.00. The lowest BCUT2D eigenvalue weighted by Gasteiger charge is -2.19. The average molecular weight is 517 g/mol. The van der Waals surface area contributed by atoms with Gasteiger partial charge in [-0.3, -0.25) is 4.79 Å². The molecular formula is C30H26ClFN2O3. The molecule has 0 atom stereocenters. The van der Waals surface area contributed by atoms with E-state index in [1.807, 2.05) is 51.1 Å². The maximum atomic E-state index is 13.9. The van der Waals surface area contributed by atoms with Gasteiger partial charge in [0.2, 0.25) is 5.91 Å². The highest BCUT2D eigenvalue weighted by atomic mass is 35.5. The van der Waals surface area contributed by atoms with E-state index in [9.17, 15) is 14.0 Å². The van der Waals surface area contributed by atoms with Crippen LogP contribution in [-0.4, -0.2) is 21.7 Å². The molecule has 7 heteroatoms. The maximum Gasteiger partial charge on any atom is 0.335 e. The van der Waals surface area contributed by atoms with Crippen molar-refractivity contribution in [1.29, 1.82) is 0 Å². The number of benzene rings is 3. The third kappa shape index (κ3) is 5.25. The summed E-state index contributed by atoms with van der Waals surface area (Å²) in [6.45, 7) is 9.12. The number of nitrogens with zero attached hydrogens (tertiary/aromatic N) is 2. The van der Waals surface area contributed by atoms with E-state index in [4.69, 9.17) is 16.3 Å². The molecule has 0 amide bonds. The largest absolute Gasteiger partial charge is 0.423 e. The summed E-state index contributed by atoms with van der Waals surface area (Å²) in [5.41, 5.74) is 4.39. The number of hydrogen-bond acceptors (Lipinski definition) is 4. The highest BCUT2D eigenvalue weighted by molar-refractivity contribution is 6.32. The number of fused-ring (bicyclic) bond motifs is 1. The molecule has 188 valence electrons. The molecule has 1 heterocycles. The lowest BCUT2D eigenvalue weighted by Crippen LogP contribution is -2.17. The molecule has 4 rings (SSSR count). The SMILES string of the molecule is C=CC(=O)Oc1ccccc1/C(=C(\CC)c1ccc(F)cc1Cl)c1ccc2c(cnn2C(=O)C(C)C)c1. The Balaban J connectivity index is 2.02. The minimum Gasteiger partial charge on any atom is -0.423 e. The van der Waals surface area contributed by atoms with Crippen LogP contribution in [0.3, 0.4) is 0 Å². The molecular weight excluding hydrogens is 491 g/mol. The minimum absolute atomic E-state index is 0.104. The van der Waals surface area contributed by atoms with E-state index in [0.29, 0.717) is 28.8 Å². The summed E-state index contributed by atoms with van der Waals surface area (Å²) in [6.07, 6.45) is 3.30. The Hall–Kier alpha value is -4.03. The van der Waals surface area contributed by atoms with E-state index < -0.39 is 11.8 Å². The van der Waals surface area contributed by atoms with Gasteiger partial charge in [0.1, 0.15) is 11.6 Å². The van der Waals surface area contributed by atoms with Crippen LogP contribution in [0.25, 0.3) is 22.0 Å². The maximum absolute atomic E-state index is 13.9. The molecule has 5 nitrogen and oxygen atoms in total. The second-order valence-corrected chi connectivity index (χ2v) is 9.18. The summed E-state index contributed by atoms with van der Waals surface area (Å²) in [6, 6.07) is 17.1. The molecule has 0 spiro atoms. The molecule has 0 saturated carbocycles. The van der Waals surface area contributed by atoms with Crippen molar-refractivity contribution in [3.05, 3.63) is 107 Å². The van der Waals surface area contributed by atoms with Crippen molar-refractivity contribution in [3.8, 4) is 5.75 Å². The molecule has 0 aliphatic rings. The number of rotatable bonds is 7. The summed E-state index contributed by atoms with van der Waals surface area (Å²) in [5.74, 6) is -0.995. The Bertz CT molecular complexity index is 1550.